The van der Waals surface area contributed by atoms with Crippen LogP contribution in [0.5, 0.6) is 11.5 Å². The fourth-order valence-electron chi connectivity index (χ4n) is 2.69. The van der Waals surface area contributed by atoms with Crippen molar-refractivity contribution in [2.24, 2.45) is 0 Å². The van der Waals surface area contributed by atoms with Crippen LogP contribution >= 0.6 is 34.4 Å². The number of carbonyl (C=O) groups is 3. The van der Waals surface area contributed by atoms with E-state index in [1.165, 1.54) is 12.1 Å². The van der Waals surface area contributed by atoms with Gasteiger partial charge in [0, 0.05) is 0 Å². The summed E-state index contributed by atoms with van der Waals surface area (Å²) in [6.07, 6.45) is 1.40. The number of nitrogens with one attached hydrogen (secondary N) is 1. The molecule has 0 spiro atoms. The molecule has 7 nitrogen and oxygen atoms in total. The maximum Gasteiger partial charge on any atom is 0.294 e. The average Bonchev–Trinajstić information content (AvgIpc) is 2.99. The largest absolute Gasteiger partial charge is 0.504 e. The van der Waals surface area contributed by atoms with E-state index in [0.717, 1.165) is 6.07 Å². The molecular formula is C20H14F3IN2O5S. The maximum atomic E-state index is 13.7. The van der Waals surface area contributed by atoms with Gasteiger partial charge in [0.05, 0.1) is 20.8 Å². The Morgan fingerprint density at radius 2 is 1.97 bits per heavy atom. The van der Waals surface area contributed by atoms with Crippen LogP contribution in [0, 0.1) is 21.0 Å². The Bertz CT molecular complexity index is 1160. The number of imide groups is 1. The van der Waals surface area contributed by atoms with E-state index in [2.05, 4.69) is 0 Å². The third-order valence-electron chi connectivity index (χ3n) is 4.13. The molecule has 3 amide bonds. The summed E-state index contributed by atoms with van der Waals surface area (Å²) < 4.78 is 45.8. The molecule has 168 valence electrons. The first-order chi connectivity index (χ1) is 15.1. The number of hydrogen-bond acceptors (Lipinski definition) is 6. The average molecular weight is 578 g/mol. The van der Waals surface area contributed by atoms with Crippen molar-refractivity contribution in [1.82, 2.24) is 4.90 Å². The summed E-state index contributed by atoms with van der Waals surface area (Å²) in [7, 11) is 0. The fraction of sp³-hybridized carbons (Fsp3) is 0.150. The molecule has 3 rings (SSSR count). The highest BCUT2D eigenvalue weighted by Crippen LogP contribution is 2.36. The van der Waals surface area contributed by atoms with Gasteiger partial charge in [-0.3, -0.25) is 19.3 Å². The number of phenolic OH excluding ortho intramolecular Hbond substituents is 1. The van der Waals surface area contributed by atoms with Crippen molar-refractivity contribution in [2.45, 2.75) is 6.92 Å². The zero-order valence-corrected chi connectivity index (χ0v) is 19.2. The molecule has 1 aliphatic rings. The number of amides is 3. The summed E-state index contributed by atoms with van der Waals surface area (Å²) in [6, 6.07) is 4.52. The molecule has 2 aromatic rings. The molecule has 12 heteroatoms. The molecule has 0 bridgehead atoms. The summed E-state index contributed by atoms with van der Waals surface area (Å²) in [5.41, 5.74) is -0.145. The van der Waals surface area contributed by atoms with E-state index in [9.17, 15) is 32.7 Å². The molecular weight excluding hydrogens is 564 g/mol. The molecule has 2 aromatic carbocycles. The maximum absolute atomic E-state index is 13.7. The second-order valence-corrected chi connectivity index (χ2v) is 8.48. The number of nitrogens with zero attached hydrogens (tertiary/aromatic N) is 1. The number of carbonyl (C=O) groups excluding carboxylic acids is 3. The lowest BCUT2D eigenvalue weighted by Crippen LogP contribution is -2.36. The smallest absolute Gasteiger partial charge is 0.294 e. The molecule has 32 heavy (non-hydrogen) atoms. The fourth-order valence-corrected chi connectivity index (χ4v) is 4.15. The predicted molar refractivity (Wildman–Crippen MR) is 120 cm³/mol. The van der Waals surface area contributed by atoms with Crippen molar-refractivity contribution in [3.8, 4) is 11.5 Å². The SMILES string of the molecule is CCOc1cc(C=C2SC(=O)N(CC(=O)Nc3ccc(F)c(F)c3F)C2=O)cc(I)c1O. The Morgan fingerprint density at radius 1 is 1.25 bits per heavy atom. The molecule has 1 aliphatic heterocycles. The van der Waals surface area contributed by atoms with E-state index in [0.29, 0.717) is 38.5 Å². The number of thioether (sulfide) groups is 1. The zero-order chi connectivity index (χ0) is 23.6. The number of ether oxygens (including phenoxy) is 1. The minimum Gasteiger partial charge on any atom is -0.504 e. The number of benzene rings is 2. The molecule has 0 unspecified atom stereocenters. The van der Waals surface area contributed by atoms with Crippen molar-refractivity contribution >= 4 is 63.2 Å². The predicted octanol–water partition coefficient (Wildman–Crippen LogP) is 4.49. The van der Waals surface area contributed by atoms with Crippen molar-refractivity contribution in [3.63, 3.8) is 0 Å². The minimum atomic E-state index is -1.76. The van der Waals surface area contributed by atoms with Crippen LogP contribution in [0.1, 0.15) is 12.5 Å². The van der Waals surface area contributed by atoms with Crippen molar-refractivity contribution in [2.75, 3.05) is 18.5 Å². The van der Waals surface area contributed by atoms with Gasteiger partial charge in [0.15, 0.2) is 29.0 Å². The summed E-state index contributed by atoms with van der Waals surface area (Å²) in [5.74, 6) is -6.37. The van der Waals surface area contributed by atoms with Gasteiger partial charge in [0.2, 0.25) is 5.91 Å². The Kier molecular flexibility index (Phi) is 7.33. The van der Waals surface area contributed by atoms with Gasteiger partial charge < -0.3 is 15.2 Å². The summed E-state index contributed by atoms with van der Waals surface area (Å²) >= 11 is 2.48. The topological polar surface area (TPSA) is 95.9 Å². The normalized spacial score (nSPS) is 14.9. The highest BCUT2D eigenvalue weighted by Gasteiger charge is 2.36. The Morgan fingerprint density at radius 3 is 2.66 bits per heavy atom. The quantitative estimate of drug-likeness (QED) is 0.298. The van der Waals surface area contributed by atoms with E-state index in [-0.39, 0.29) is 16.4 Å². The molecule has 0 radical (unpaired) electrons. The number of rotatable bonds is 6. The van der Waals surface area contributed by atoms with Gasteiger partial charge in [-0.1, -0.05) is 0 Å². The van der Waals surface area contributed by atoms with E-state index in [4.69, 9.17) is 4.74 Å². The summed E-state index contributed by atoms with van der Waals surface area (Å²) in [5, 5.41) is 11.3. The van der Waals surface area contributed by atoms with E-state index < -0.39 is 46.7 Å². The number of hydrogen-bond donors (Lipinski definition) is 2. The van der Waals surface area contributed by atoms with Crippen LogP contribution in [0.25, 0.3) is 6.08 Å². The Balaban J connectivity index is 1.76. The van der Waals surface area contributed by atoms with Gasteiger partial charge in [-0.2, -0.15) is 0 Å². The van der Waals surface area contributed by atoms with Crippen LogP contribution < -0.4 is 10.1 Å². The van der Waals surface area contributed by atoms with Gasteiger partial charge in [-0.25, -0.2) is 13.2 Å². The molecule has 1 fully saturated rings. The van der Waals surface area contributed by atoms with Gasteiger partial charge >= 0.3 is 0 Å². The number of aromatic hydroxyl groups is 1. The zero-order valence-electron chi connectivity index (χ0n) is 16.2. The summed E-state index contributed by atoms with van der Waals surface area (Å²) in [6.45, 7) is 1.29. The molecule has 0 aliphatic carbocycles. The lowest BCUT2D eigenvalue weighted by atomic mass is 10.2. The molecule has 0 atom stereocenters. The molecule has 1 heterocycles. The minimum absolute atomic E-state index is 0.0192. The lowest BCUT2D eigenvalue weighted by Gasteiger charge is -2.13. The molecule has 0 saturated carbocycles. The standard InChI is InChI=1S/C20H14F3IN2O5S/c1-2-31-13-6-9(5-11(24)18(13)28)7-14-19(29)26(20(30)32-14)8-15(27)25-12-4-3-10(21)16(22)17(12)23/h3-7,28H,2,8H2,1H3,(H,25,27). The van der Waals surface area contributed by atoms with Crippen molar-refractivity contribution in [1.29, 1.82) is 0 Å². The first-order valence-electron chi connectivity index (χ1n) is 8.96. The first kappa shape index (κ1) is 23.9. The molecule has 1 saturated heterocycles. The first-order valence-corrected chi connectivity index (χ1v) is 10.9. The number of phenols is 1. The van der Waals surface area contributed by atoms with Gasteiger partial charge in [-0.15, -0.1) is 0 Å². The highest BCUT2D eigenvalue weighted by molar-refractivity contribution is 14.1. The lowest BCUT2D eigenvalue weighted by molar-refractivity contribution is -0.127. The second kappa shape index (κ2) is 9.81. The van der Waals surface area contributed by atoms with Gasteiger partial charge in [-0.05, 0) is 77.2 Å². The summed E-state index contributed by atoms with van der Waals surface area (Å²) in [4.78, 5) is 37.6. The Labute approximate surface area is 197 Å². The van der Waals surface area contributed by atoms with Crippen molar-refractivity contribution in [3.05, 3.63) is 55.8 Å². The van der Waals surface area contributed by atoms with Crippen LogP contribution in [0.4, 0.5) is 23.7 Å². The van der Waals surface area contributed by atoms with Crippen LogP contribution in [-0.4, -0.2) is 40.2 Å². The molecule has 0 aromatic heterocycles. The van der Waals surface area contributed by atoms with Crippen LogP contribution in [-0.2, 0) is 9.59 Å². The van der Waals surface area contributed by atoms with E-state index in [1.807, 2.05) is 27.9 Å². The van der Waals surface area contributed by atoms with Crippen molar-refractivity contribution < 1.29 is 37.4 Å². The van der Waals surface area contributed by atoms with Gasteiger partial charge in [0.1, 0.15) is 6.54 Å². The van der Waals surface area contributed by atoms with Crippen LogP contribution in [0.2, 0.25) is 0 Å². The Hall–Kier alpha value is -2.74. The molecule has 2 N–H and O–H groups in total. The third-order valence-corrected chi connectivity index (χ3v) is 5.86. The number of halogens is 4. The number of anilines is 1. The second-order valence-electron chi connectivity index (χ2n) is 6.32. The van der Waals surface area contributed by atoms with Crippen LogP contribution in [0.15, 0.2) is 29.2 Å². The van der Waals surface area contributed by atoms with E-state index >= 15 is 0 Å². The van der Waals surface area contributed by atoms with E-state index in [1.54, 1.807) is 13.0 Å². The highest BCUT2D eigenvalue weighted by atomic mass is 127. The van der Waals surface area contributed by atoms with Crippen LogP contribution in [0.3, 0.4) is 0 Å². The monoisotopic (exact) mass is 578 g/mol. The third kappa shape index (κ3) is 5.01. The van der Waals surface area contributed by atoms with Gasteiger partial charge in [0.25, 0.3) is 11.1 Å².